The highest BCUT2D eigenvalue weighted by atomic mass is 16.3. The van der Waals surface area contributed by atoms with Crippen LogP contribution >= 0.6 is 0 Å². The molecule has 0 saturated heterocycles. The van der Waals surface area contributed by atoms with Gasteiger partial charge in [0.1, 0.15) is 11.2 Å². The predicted octanol–water partition coefficient (Wildman–Crippen LogP) is 15.5. The lowest BCUT2D eigenvalue weighted by Crippen LogP contribution is -2.11. The van der Waals surface area contributed by atoms with Gasteiger partial charge in [-0.15, -0.1) is 0 Å². The highest BCUT2D eigenvalue weighted by Gasteiger charge is 2.20. The number of para-hydroxylation sites is 1. The zero-order valence-electron chi connectivity index (χ0n) is 30.6. The first kappa shape index (κ1) is 32.0. The van der Waals surface area contributed by atoms with E-state index in [9.17, 15) is 0 Å². The molecule has 11 aromatic rings. The van der Waals surface area contributed by atoms with Crippen molar-refractivity contribution in [2.75, 3.05) is 4.90 Å². The lowest BCUT2D eigenvalue weighted by atomic mass is 9.90. The van der Waals surface area contributed by atoms with Gasteiger partial charge >= 0.3 is 0 Å². The summed E-state index contributed by atoms with van der Waals surface area (Å²) in [6.45, 7) is 0. The monoisotopic (exact) mass is 713 g/mol. The molecular formula is C54H35NO. The van der Waals surface area contributed by atoms with Gasteiger partial charge in [-0.3, -0.25) is 0 Å². The lowest BCUT2D eigenvalue weighted by molar-refractivity contribution is 0.669. The number of benzene rings is 10. The van der Waals surface area contributed by atoms with Crippen molar-refractivity contribution in [3.05, 3.63) is 212 Å². The smallest absolute Gasteiger partial charge is 0.137 e. The molecule has 0 N–H and O–H groups in total. The molecule has 0 aliphatic carbocycles. The summed E-state index contributed by atoms with van der Waals surface area (Å²) in [6.07, 6.45) is 0. The predicted molar refractivity (Wildman–Crippen MR) is 237 cm³/mol. The van der Waals surface area contributed by atoms with Crippen LogP contribution in [0.25, 0.3) is 87.6 Å². The normalized spacial score (nSPS) is 11.6. The number of furan rings is 1. The maximum absolute atomic E-state index is 6.61. The van der Waals surface area contributed by atoms with Crippen molar-refractivity contribution in [3.8, 4) is 33.4 Å². The van der Waals surface area contributed by atoms with Crippen molar-refractivity contribution >= 4 is 71.3 Å². The van der Waals surface area contributed by atoms with Gasteiger partial charge in [0, 0.05) is 33.8 Å². The van der Waals surface area contributed by atoms with Crippen molar-refractivity contribution in [1.29, 1.82) is 0 Å². The van der Waals surface area contributed by atoms with Gasteiger partial charge in [-0.25, -0.2) is 0 Å². The SMILES string of the molecule is c1ccc(-c2ccccc2N(c2ccc(-c3cc4ccccc4cc3-c3ccc4ccccc4c3)cc2)c2ccc3c(c2)oc2cc4ccccc4cc23)cc1. The average Bonchev–Trinajstić information content (AvgIpc) is 3.62. The van der Waals surface area contributed by atoms with Crippen LogP contribution in [-0.2, 0) is 0 Å². The molecular weight excluding hydrogens is 679 g/mol. The first-order chi connectivity index (χ1) is 27.7. The third-order valence-corrected chi connectivity index (χ3v) is 11.2. The van der Waals surface area contributed by atoms with E-state index in [0.717, 1.165) is 50.1 Å². The van der Waals surface area contributed by atoms with Crippen LogP contribution in [0.1, 0.15) is 0 Å². The second-order valence-electron chi connectivity index (χ2n) is 14.6. The highest BCUT2D eigenvalue weighted by molar-refractivity contribution is 6.11. The van der Waals surface area contributed by atoms with Gasteiger partial charge in [-0.1, -0.05) is 146 Å². The fraction of sp³-hybridized carbons (Fsp3) is 0. The Bertz CT molecular complexity index is 3250. The summed E-state index contributed by atoms with van der Waals surface area (Å²) in [5.41, 5.74) is 12.1. The van der Waals surface area contributed by atoms with Crippen LogP contribution in [0.3, 0.4) is 0 Å². The summed E-state index contributed by atoms with van der Waals surface area (Å²) >= 11 is 0. The zero-order chi connectivity index (χ0) is 37.0. The van der Waals surface area contributed by atoms with Gasteiger partial charge in [0.05, 0.1) is 5.69 Å². The van der Waals surface area contributed by atoms with E-state index in [-0.39, 0.29) is 0 Å². The van der Waals surface area contributed by atoms with Gasteiger partial charge < -0.3 is 9.32 Å². The molecule has 10 aromatic carbocycles. The maximum atomic E-state index is 6.61. The van der Waals surface area contributed by atoms with Crippen LogP contribution in [-0.4, -0.2) is 0 Å². The third kappa shape index (κ3) is 5.51. The molecule has 0 amide bonds. The third-order valence-electron chi connectivity index (χ3n) is 11.2. The summed E-state index contributed by atoms with van der Waals surface area (Å²) in [6, 6.07) is 76.6. The molecule has 2 heteroatoms. The number of fused-ring (bicyclic) bond motifs is 6. The minimum atomic E-state index is 0.864. The molecule has 1 aromatic heterocycles. The lowest BCUT2D eigenvalue weighted by Gasteiger charge is -2.28. The number of rotatable bonds is 6. The molecule has 0 unspecified atom stereocenters. The molecule has 0 aliphatic heterocycles. The van der Waals surface area contributed by atoms with Crippen molar-refractivity contribution in [1.82, 2.24) is 0 Å². The Morgan fingerprint density at radius 3 is 1.54 bits per heavy atom. The van der Waals surface area contributed by atoms with E-state index >= 15 is 0 Å². The van der Waals surface area contributed by atoms with Gasteiger partial charge in [-0.05, 0) is 121 Å². The summed E-state index contributed by atoms with van der Waals surface area (Å²) in [7, 11) is 0. The number of anilines is 3. The van der Waals surface area contributed by atoms with Crippen LogP contribution < -0.4 is 4.90 Å². The Balaban J connectivity index is 1.08. The van der Waals surface area contributed by atoms with Gasteiger partial charge in [-0.2, -0.15) is 0 Å². The largest absolute Gasteiger partial charge is 0.456 e. The molecule has 0 atom stereocenters. The van der Waals surface area contributed by atoms with E-state index in [0.29, 0.717) is 0 Å². The van der Waals surface area contributed by atoms with Crippen LogP contribution in [0.15, 0.2) is 217 Å². The molecule has 262 valence electrons. The average molecular weight is 714 g/mol. The van der Waals surface area contributed by atoms with Gasteiger partial charge in [0.15, 0.2) is 0 Å². The number of hydrogen-bond acceptors (Lipinski definition) is 2. The van der Waals surface area contributed by atoms with Crippen molar-refractivity contribution in [2.24, 2.45) is 0 Å². The van der Waals surface area contributed by atoms with E-state index in [1.165, 1.54) is 54.6 Å². The molecule has 0 spiro atoms. The van der Waals surface area contributed by atoms with E-state index in [2.05, 4.69) is 217 Å². The Morgan fingerprint density at radius 1 is 0.286 bits per heavy atom. The van der Waals surface area contributed by atoms with Crippen LogP contribution in [0.4, 0.5) is 17.1 Å². The minimum absolute atomic E-state index is 0.864. The van der Waals surface area contributed by atoms with Crippen molar-refractivity contribution in [2.45, 2.75) is 0 Å². The number of nitrogens with zero attached hydrogens (tertiary/aromatic N) is 1. The quantitative estimate of drug-likeness (QED) is 0.171. The van der Waals surface area contributed by atoms with Crippen molar-refractivity contribution in [3.63, 3.8) is 0 Å². The Hall–Kier alpha value is -7.42. The van der Waals surface area contributed by atoms with E-state index in [1.807, 2.05) is 0 Å². The molecule has 0 bridgehead atoms. The van der Waals surface area contributed by atoms with E-state index < -0.39 is 0 Å². The van der Waals surface area contributed by atoms with Crippen LogP contribution in [0.2, 0.25) is 0 Å². The summed E-state index contributed by atoms with van der Waals surface area (Å²) in [5.74, 6) is 0. The molecule has 0 radical (unpaired) electrons. The molecule has 56 heavy (non-hydrogen) atoms. The summed E-state index contributed by atoms with van der Waals surface area (Å²) < 4.78 is 6.61. The first-order valence-electron chi connectivity index (χ1n) is 19.2. The second kappa shape index (κ2) is 13.2. The Labute approximate surface area is 325 Å². The zero-order valence-corrected chi connectivity index (χ0v) is 30.6. The van der Waals surface area contributed by atoms with Crippen molar-refractivity contribution < 1.29 is 4.42 Å². The number of hydrogen-bond donors (Lipinski definition) is 0. The molecule has 11 rings (SSSR count). The molecule has 2 nitrogen and oxygen atoms in total. The molecule has 1 heterocycles. The summed E-state index contributed by atoms with van der Waals surface area (Å²) in [4.78, 5) is 2.36. The Kier molecular flexibility index (Phi) is 7.53. The molecule has 0 saturated carbocycles. The van der Waals surface area contributed by atoms with Gasteiger partial charge in [0.25, 0.3) is 0 Å². The van der Waals surface area contributed by atoms with Crippen LogP contribution in [0.5, 0.6) is 0 Å². The van der Waals surface area contributed by atoms with E-state index in [4.69, 9.17) is 4.42 Å². The molecule has 0 aliphatic rings. The standard InChI is InChI=1S/C54H35NO/c1-2-13-37(14-3-1)47-20-10-11-21-52(47)55(46-28-29-48-51-33-42-18-8-9-19-43(42)34-53(51)56-54(48)35-46)45-26-24-38(25-27-45)49-31-40-16-6-7-17-41(40)32-50(49)44-23-22-36-12-4-5-15-39(36)30-44/h1-35H. The minimum Gasteiger partial charge on any atom is -0.456 e. The fourth-order valence-corrected chi connectivity index (χ4v) is 8.41. The second-order valence-corrected chi connectivity index (χ2v) is 14.6. The fourth-order valence-electron chi connectivity index (χ4n) is 8.41. The Morgan fingerprint density at radius 2 is 0.804 bits per heavy atom. The maximum Gasteiger partial charge on any atom is 0.137 e. The summed E-state index contributed by atoms with van der Waals surface area (Å²) in [5, 5.41) is 9.56. The molecule has 0 fully saturated rings. The van der Waals surface area contributed by atoms with Crippen LogP contribution in [0, 0.1) is 0 Å². The highest BCUT2D eigenvalue weighted by Crippen LogP contribution is 2.44. The van der Waals surface area contributed by atoms with E-state index in [1.54, 1.807) is 0 Å². The van der Waals surface area contributed by atoms with Gasteiger partial charge in [0.2, 0.25) is 0 Å². The topological polar surface area (TPSA) is 16.4 Å². The first-order valence-corrected chi connectivity index (χ1v) is 19.2.